The molecule has 0 aliphatic carbocycles. The maximum atomic E-state index is 12.7. The second kappa shape index (κ2) is 42.0. The lowest BCUT2D eigenvalue weighted by Crippen LogP contribution is -2.55. The highest BCUT2D eigenvalue weighted by molar-refractivity contribution is 6.00. The summed E-state index contributed by atoms with van der Waals surface area (Å²) in [6.07, 6.45) is 10.8. The number of hydrogen-bond acceptors (Lipinski definition) is 25. The van der Waals surface area contributed by atoms with E-state index in [1.165, 1.54) is 84.3 Å². The molecule has 702 valence electrons. The van der Waals surface area contributed by atoms with E-state index in [-0.39, 0.29) is 78.8 Å². The highest BCUT2D eigenvalue weighted by Gasteiger charge is 2.43. The van der Waals surface area contributed by atoms with Crippen LogP contribution in [0.4, 0.5) is 34.1 Å². The molecule has 28 nitrogen and oxygen atoms in total. The SMILES string of the molecule is C=CC(=O)N1CCN(c2c(C#N)c(OC[C@@H]3C[C@@H](C)CN3C)nc3c2CCN(c2cccc4cccc(C)c24)C3)C[C@@H]1CC#N.C=CC(=O)N1CCN(c2c(C#N)c(OC[C@@H]3C[C@H](OC)CN3C)nc3c2CCN(c2cccc4cccc(C)c24)C3)C[C@@H]1CC#N.C=CC(=O)N1CCN(c2c(C#N)c(OC[C@]3(C)CCCN3C)nc3c2CCN(c2cccc4cccc(C)c24)C3)C[C@@H]1CC#N. The molecule has 6 fully saturated rings. The first-order valence-corrected chi connectivity index (χ1v) is 47.7. The predicted molar refractivity (Wildman–Crippen MR) is 530 cm³/mol. The Morgan fingerprint density at radius 2 is 0.787 bits per heavy atom. The number of nitriles is 6. The summed E-state index contributed by atoms with van der Waals surface area (Å²) in [7, 11) is 8.04. The summed E-state index contributed by atoms with van der Waals surface area (Å²) in [5, 5.41) is 68.0. The lowest BCUT2D eigenvalue weighted by atomic mass is 9.95. The number of pyridine rings is 3. The van der Waals surface area contributed by atoms with Crippen LogP contribution in [0.25, 0.3) is 32.3 Å². The number of likely N-dealkylation sites (N-methyl/N-ethyl adjacent to an activating group) is 3. The highest BCUT2D eigenvalue weighted by Crippen LogP contribution is 2.46. The smallest absolute Gasteiger partial charge is 0.246 e. The largest absolute Gasteiger partial charge is 0.475 e. The first-order chi connectivity index (χ1) is 66.0. The second-order valence-corrected chi connectivity index (χ2v) is 38.0. The number of aryl methyl sites for hydroxylation is 3. The summed E-state index contributed by atoms with van der Waals surface area (Å²) in [5.41, 5.74) is 16.7. The molecule has 9 aliphatic heterocycles. The molecule has 0 radical (unpaired) electrons. The van der Waals surface area contributed by atoms with Crippen molar-refractivity contribution in [3.63, 3.8) is 0 Å². The van der Waals surface area contributed by atoms with E-state index in [0.29, 0.717) is 158 Å². The van der Waals surface area contributed by atoms with Gasteiger partial charge >= 0.3 is 0 Å². The molecule has 6 aromatic carbocycles. The average molecular weight is 1830 g/mol. The number of carbonyl (C=O) groups excluding carboxylic acids is 3. The molecule has 0 saturated carbocycles. The van der Waals surface area contributed by atoms with Crippen molar-refractivity contribution in [2.75, 3.05) is 176 Å². The van der Waals surface area contributed by atoms with E-state index in [9.17, 15) is 46.0 Å². The molecule has 3 amide bonds. The lowest BCUT2D eigenvalue weighted by molar-refractivity contribution is -0.129. The molecule has 9 aliphatic rings. The van der Waals surface area contributed by atoms with Gasteiger partial charge in [-0.25, -0.2) is 15.0 Å². The van der Waals surface area contributed by atoms with Crippen LogP contribution in [0.2, 0.25) is 0 Å². The van der Waals surface area contributed by atoms with Crippen LogP contribution in [-0.4, -0.2) is 250 Å². The summed E-state index contributed by atoms with van der Waals surface area (Å²) < 4.78 is 25.0. The molecular weight excluding hydrogens is 1700 g/mol. The molecule has 0 spiro atoms. The van der Waals surface area contributed by atoms with Gasteiger partial charge in [-0.1, -0.05) is 118 Å². The van der Waals surface area contributed by atoms with Crippen LogP contribution in [0.5, 0.6) is 17.6 Å². The van der Waals surface area contributed by atoms with Gasteiger partial charge in [-0.3, -0.25) is 29.1 Å². The zero-order valence-electron chi connectivity index (χ0n) is 80.0. The number of amides is 3. The van der Waals surface area contributed by atoms with Crippen molar-refractivity contribution in [2.24, 2.45) is 5.92 Å². The van der Waals surface area contributed by atoms with E-state index >= 15 is 0 Å². The van der Waals surface area contributed by atoms with Gasteiger partial charge in [0.25, 0.3) is 0 Å². The van der Waals surface area contributed by atoms with Crippen LogP contribution < -0.4 is 43.6 Å². The maximum Gasteiger partial charge on any atom is 0.246 e. The maximum absolute atomic E-state index is 12.7. The minimum atomic E-state index is -0.319. The van der Waals surface area contributed by atoms with Crippen molar-refractivity contribution in [3.8, 4) is 54.1 Å². The third-order valence-electron chi connectivity index (χ3n) is 29.6. The fourth-order valence-corrected chi connectivity index (χ4v) is 22.3. The molecule has 8 atom stereocenters. The molecule has 12 heterocycles. The lowest BCUT2D eigenvalue weighted by Gasteiger charge is -2.43. The zero-order valence-corrected chi connectivity index (χ0v) is 80.0. The van der Waals surface area contributed by atoms with Gasteiger partial charge in [-0.2, -0.15) is 31.6 Å². The van der Waals surface area contributed by atoms with Gasteiger partial charge in [0.15, 0.2) is 0 Å². The molecular formula is C108H123N21O7. The third-order valence-corrected chi connectivity index (χ3v) is 29.6. The Morgan fingerprint density at radius 3 is 1.10 bits per heavy atom. The van der Waals surface area contributed by atoms with Crippen LogP contribution in [0.3, 0.4) is 0 Å². The third kappa shape index (κ3) is 19.5. The van der Waals surface area contributed by atoms with Crippen molar-refractivity contribution >= 4 is 84.2 Å². The van der Waals surface area contributed by atoms with Crippen LogP contribution in [0, 0.1) is 94.7 Å². The van der Waals surface area contributed by atoms with Crippen molar-refractivity contribution in [3.05, 3.63) is 214 Å². The Labute approximate surface area is 799 Å². The summed E-state index contributed by atoms with van der Waals surface area (Å²) >= 11 is 0. The Hall–Kier alpha value is -13.8. The number of fused-ring (bicyclic) bond motifs is 6. The average Bonchev–Trinajstić information content (AvgIpc) is 1.12. The van der Waals surface area contributed by atoms with Crippen molar-refractivity contribution in [2.45, 2.75) is 160 Å². The molecule has 0 unspecified atom stereocenters. The monoisotopic (exact) mass is 1830 g/mol. The van der Waals surface area contributed by atoms with E-state index in [1.54, 1.807) is 21.8 Å². The number of benzene rings is 6. The molecule has 28 heteroatoms. The molecule has 0 N–H and O–H groups in total. The van der Waals surface area contributed by atoms with Gasteiger partial charge in [-0.15, -0.1) is 0 Å². The number of piperazine rings is 3. The Balaban J connectivity index is 0.000000148. The zero-order chi connectivity index (χ0) is 95.8. The van der Waals surface area contributed by atoms with Gasteiger partial charge in [0.2, 0.25) is 35.4 Å². The Bertz CT molecular complexity index is 6340. The number of anilines is 6. The quantitative estimate of drug-likeness (QED) is 0.0569. The molecule has 6 saturated heterocycles. The van der Waals surface area contributed by atoms with E-state index in [2.05, 4.69) is 265 Å². The van der Waals surface area contributed by atoms with Crippen LogP contribution in [0.1, 0.15) is 126 Å². The van der Waals surface area contributed by atoms with E-state index < -0.39 is 0 Å². The van der Waals surface area contributed by atoms with Gasteiger partial charge in [0, 0.05) is 161 Å². The number of hydrogen-bond donors (Lipinski definition) is 0. The van der Waals surface area contributed by atoms with Gasteiger partial charge in [0.1, 0.15) is 54.7 Å². The van der Waals surface area contributed by atoms with Crippen molar-refractivity contribution < 1.29 is 33.3 Å². The topological polar surface area (TPSA) is 308 Å². The van der Waals surface area contributed by atoms with Crippen molar-refractivity contribution in [1.29, 1.82) is 31.6 Å². The number of rotatable bonds is 22. The number of nitrogens with zero attached hydrogens (tertiary/aromatic N) is 21. The molecule has 0 bridgehead atoms. The number of ether oxygens (including phenoxy) is 4. The fraction of sp³-hybridized carbons (Fsp3) is 0.444. The molecule has 3 aromatic heterocycles. The standard InChI is InChI=1S/C36H41N7O3.2C36H41N7O2/c1-5-33(44)43-17-16-42(20-26(43)12-14-37)35-29-13-15-41(32-11-7-10-25-9-6-8-24(2)34(25)32)22-31(29)39-36(30(35)19-38)46-23-27-18-28(45-4)21-40(27)3;1-5-32(44)43-20-19-42(22-27(43)13-16-37)34-28-14-18-41(31-12-7-11-26-10-6-9-25(2)33(26)31)23-30(28)39-35(29(34)21-38)45-24-36(3)15-8-17-40(36)4;1-5-33(44)43-17-16-42(21-27(43)12-14-37)35-29-13-15-41(32-11-7-10-26-9-6-8-25(3)34(26)32)22-31(29)39-36(30(35)19-38)45-23-28-18-24(2)20-40(28)4/h5-11,26-28H,1,12-13,15-18,20-23H2,2-4H3;5-7,9-12,27H,1,8,13-15,17-20,22-24H2,2-4H3;5-11,24,27-28H,1,12-13,15-18,20-23H2,2-4H3/t26-,27-,28-;27-,36-;24-,27+,28+/m001/s1. The summed E-state index contributed by atoms with van der Waals surface area (Å²) in [6, 6.07) is 52.1. The highest BCUT2D eigenvalue weighted by atomic mass is 16.5. The second-order valence-electron chi connectivity index (χ2n) is 38.0. The normalized spacial score (nSPS) is 21.6. The summed E-state index contributed by atoms with van der Waals surface area (Å²) in [5.74, 6) is 1.13. The first kappa shape index (κ1) is 95.3. The number of likely N-dealkylation sites (tertiary alicyclic amines) is 3. The first-order valence-electron chi connectivity index (χ1n) is 47.7. The van der Waals surface area contributed by atoms with E-state index in [0.717, 1.165) is 116 Å². The van der Waals surface area contributed by atoms with Gasteiger partial charge in [0.05, 0.1) is 121 Å². The van der Waals surface area contributed by atoms with E-state index in [4.69, 9.17) is 33.9 Å². The minimum Gasteiger partial charge on any atom is -0.475 e. The van der Waals surface area contributed by atoms with E-state index in [1.807, 2.05) is 0 Å². The Morgan fingerprint density at radius 1 is 0.441 bits per heavy atom. The number of aromatic nitrogens is 3. The summed E-state index contributed by atoms with van der Waals surface area (Å²) in [4.78, 5) is 78.9. The van der Waals surface area contributed by atoms with Crippen LogP contribution >= 0.6 is 0 Å². The van der Waals surface area contributed by atoms with Crippen molar-refractivity contribution in [1.82, 2.24) is 44.4 Å². The summed E-state index contributed by atoms with van der Waals surface area (Å²) in [6.45, 7) is 34.4. The van der Waals surface area contributed by atoms with Crippen LogP contribution in [-0.2, 0) is 58.0 Å². The Kier molecular flexibility index (Phi) is 29.4. The number of methoxy groups -OCH3 is 1. The predicted octanol–water partition coefficient (Wildman–Crippen LogP) is 14.0. The molecule has 18 rings (SSSR count). The van der Waals surface area contributed by atoms with Crippen LogP contribution in [0.15, 0.2) is 147 Å². The fourth-order valence-electron chi connectivity index (χ4n) is 22.3. The van der Waals surface area contributed by atoms with Gasteiger partial charge in [-0.05, 0) is 176 Å². The van der Waals surface area contributed by atoms with Gasteiger partial charge < -0.3 is 63.0 Å². The number of carbonyl (C=O) groups is 3. The minimum absolute atomic E-state index is 0.133. The molecule has 136 heavy (non-hydrogen) atoms. The molecule has 9 aromatic rings.